The van der Waals surface area contributed by atoms with Gasteiger partial charge in [-0.05, 0) is 51.1 Å². The molecule has 0 radical (unpaired) electrons. The minimum atomic E-state index is 0.685. The van der Waals surface area contributed by atoms with Crippen molar-refractivity contribution in [1.82, 2.24) is 0 Å². The topological polar surface area (TPSA) is 27.7 Å². The number of alkyl halides is 1. The van der Waals surface area contributed by atoms with Gasteiger partial charge in [-0.2, -0.15) is 0 Å². The zero-order valence-electron chi connectivity index (χ0n) is 11.9. The van der Waals surface area contributed by atoms with Crippen molar-refractivity contribution in [3.8, 4) is 5.75 Å². The molecule has 1 rings (SSSR count). The molecule has 0 unspecified atom stereocenters. The lowest BCUT2D eigenvalue weighted by atomic mass is 10.2. The Kier molecular flexibility index (Phi) is 12.6. The van der Waals surface area contributed by atoms with Gasteiger partial charge in [0, 0.05) is 18.0 Å². The summed E-state index contributed by atoms with van der Waals surface area (Å²) in [5.74, 6) is 0.929. The van der Waals surface area contributed by atoms with Crippen LogP contribution >= 0.6 is 59.1 Å². The first-order chi connectivity index (χ1) is 10.2. The van der Waals surface area contributed by atoms with Crippen LogP contribution < -0.4 is 4.74 Å². The molecule has 0 saturated carbocycles. The molecule has 0 spiro atoms. The third kappa shape index (κ3) is 10.3. The van der Waals surface area contributed by atoms with Crippen LogP contribution in [0.2, 0.25) is 0 Å². The Labute approximate surface area is 156 Å². The number of ether oxygens (including phenoxy) is 3. The largest absolute Gasteiger partial charge is 0.491 e. The maximum atomic E-state index is 5.72. The highest BCUT2D eigenvalue weighted by Crippen LogP contribution is 2.37. The van der Waals surface area contributed by atoms with E-state index < -0.39 is 0 Å². The van der Waals surface area contributed by atoms with Crippen LogP contribution in [0.15, 0.2) is 13.6 Å². The number of halogens is 3. The first-order valence-corrected chi connectivity index (χ1v) is 10.6. The Morgan fingerprint density at radius 3 is 2.14 bits per heavy atom. The van der Waals surface area contributed by atoms with Crippen molar-refractivity contribution in [2.75, 3.05) is 38.4 Å². The molecule has 1 heterocycles. The fourth-order valence-corrected chi connectivity index (χ4v) is 4.52. The van der Waals surface area contributed by atoms with Gasteiger partial charge in [-0.3, -0.25) is 0 Å². The van der Waals surface area contributed by atoms with E-state index in [0.717, 1.165) is 51.3 Å². The minimum absolute atomic E-state index is 0.685. The van der Waals surface area contributed by atoms with E-state index in [4.69, 9.17) is 14.2 Å². The molecular formula is C14H21Br3O3S. The molecule has 0 aliphatic heterocycles. The van der Waals surface area contributed by atoms with Gasteiger partial charge in [0.05, 0.1) is 30.2 Å². The van der Waals surface area contributed by atoms with E-state index in [1.165, 1.54) is 12.8 Å². The van der Waals surface area contributed by atoms with E-state index in [0.29, 0.717) is 13.2 Å². The summed E-state index contributed by atoms with van der Waals surface area (Å²) in [5, 5.41) is 0.883. The van der Waals surface area contributed by atoms with Crippen LogP contribution in [0.25, 0.3) is 0 Å². The van der Waals surface area contributed by atoms with Gasteiger partial charge in [-0.1, -0.05) is 22.4 Å². The van der Waals surface area contributed by atoms with Crippen LogP contribution in [0.5, 0.6) is 5.75 Å². The van der Waals surface area contributed by atoms with E-state index in [2.05, 4.69) is 47.8 Å². The quantitative estimate of drug-likeness (QED) is 0.255. The van der Waals surface area contributed by atoms with Gasteiger partial charge in [0.1, 0.15) is 9.54 Å². The van der Waals surface area contributed by atoms with Crippen molar-refractivity contribution in [3.63, 3.8) is 0 Å². The molecule has 7 heteroatoms. The molecule has 0 aliphatic rings. The molecular weight excluding hydrogens is 488 g/mol. The van der Waals surface area contributed by atoms with Crippen molar-refractivity contribution in [1.29, 1.82) is 0 Å². The van der Waals surface area contributed by atoms with Gasteiger partial charge in [0.25, 0.3) is 0 Å². The highest BCUT2D eigenvalue weighted by molar-refractivity contribution is 9.12. The molecule has 0 saturated heterocycles. The van der Waals surface area contributed by atoms with Crippen LogP contribution in [0.4, 0.5) is 0 Å². The van der Waals surface area contributed by atoms with Crippen molar-refractivity contribution < 1.29 is 14.2 Å². The van der Waals surface area contributed by atoms with Crippen LogP contribution in [0.1, 0.15) is 25.7 Å². The highest BCUT2D eigenvalue weighted by atomic mass is 79.9. The molecule has 1 aromatic heterocycles. The van der Waals surface area contributed by atoms with Crippen LogP contribution in [0.3, 0.4) is 0 Å². The molecule has 122 valence electrons. The molecule has 0 fully saturated rings. The predicted octanol–water partition coefficient (Wildman–Crippen LogP) is 5.64. The van der Waals surface area contributed by atoms with Crippen molar-refractivity contribution in [3.05, 3.63) is 13.6 Å². The van der Waals surface area contributed by atoms with Gasteiger partial charge >= 0.3 is 0 Å². The SMILES string of the molecule is BrCCOCCOCCCCCCOc1cc(Br)sc1Br. The summed E-state index contributed by atoms with van der Waals surface area (Å²) in [6, 6.07) is 2.00. The number of thiophene rings is 1. The fraction of sp³-hybridized carbons (Fsp3) is 0.714. The average Bonchev–Trinajstić information content (AvgIpc) is 2.78. The number of hydrogen-bond acceptors (Lipinski definition) is 4. The Balaban J connectivity index is 1.84. The van der Waals surface area contributed by atoms with E-state index in [1.807, 2.05) is 6.07 Å². The number of unbranched alkanes of at least 4 members (excludes halogenated alkanes) is 3. The maximum Gasteiger partial charge on any atom is 0.145 e. The molecule has 0 aliphatic carbocycles. The van der Waals surface area contributed by atoms with Crippen LogP contribution in [-0.4, -0.2) is 38.4 Å². The summed E-state index contributed by atoms with van der Waals surface area (Å²) >= 11 is 11.9. The minimum Gasteiger partial charge on any atom is -0.491 e. The van der Waals surface area contributed by atoms with E-state index >= 15 is 0 Å². The van der Waals surface area contributed by atoms with Gasteiger partial charge in [0.15, 0.2) is 0 Å². The summed E-state index contributed by atoms with van der Waals surface area (Å²) in [4.78, 5) is 0. The standard InChI is InChI=1S/C14H21Br3O3S/c15-5-8-19-10-9-18-6-3-1-2-4-7-20-12-11-13(16)21-14(12)17/h11H,1-10H2. The molecule has 0 aromatic carbocycles. The summed E-state index contributed by atoms with van der Waals surface area (Å²) in [6.07, 6.45) is 4.53. The monoisotopic (exact) mass is 506 g/mol. The molecule has 0 amide bonds. The Morgan fingerprint density at radius 1 is 0.857 bits per heavy atom. The average molecular weight is 509 g/mol. The first-order valence-electron chi connectivity index (χ1n) is 7.03. The van der Waals surface area contributed by atoms with Gasteiger partial charge in [0.2, 0.25) is 0 Å². The summed E-state index contributed by atoms with van der Waals surface area (Å²) in [5.41, 5.74) is 0. The summed E-state index contributed by atoms with van der Waals surface area (Å²) < 4.78 is 18.6. The number of rotatable bonds is 13. The second-order valence-electron chi connectivity index (χ2n) is 4.36. The van der Waals surface area contributed by atoms with Gasteiger partial charge in [-0.15, -0.1) is 11.3 Å². The first kappa shape index (κ1) is 19.9. The van der Waals surface area contributed by atoms with E-state index in [9.17, 15) is 0 Å². The van der Waals surface area contributed by atoms with Crippen molar-refractivity contribution in [2.24, 2.45) is 0 Å². The highest BCUT2D eigenvalue weighted by Gasteiger charge is 2.05. The zero-order chi connectivity index (χ0) is 15.3. The van der Waals surface area contributed by atoms with Crippen molar-refractivity contribution >= 4 is 59.1 Å². The molecule has 0 atom stereocenters. The second kappa shape index (κ2) is 13.3. The third-order valence-corrected chi connectivity index (χ3v) is 5.27. The fourth-order valence-electron chi connectivity index (χ4n) is 1.64. The molecule has 0 bridgehead atoms. The Hall–Kier alpha value is 0.860. The van der Waals surface area contributed by atoms with E-state index in [1.54, 1.807) is 11.3 Å². The molecule has 3 nitrogen and oxygen atoms in total. The lowest BCUT2D eigenvalue weighted by molar-refractivity contribution is 0.0524. The Bertz CT molecular complexity index is 374. The lowest BCUT2D eigenvalue weighted by Crippen LogP contribution is -2.06. The molecule has 21 heavy (non-hydrogen) atoms. The smallest absolute Gasteiger partial charge is 0.145 e. The summed E-state index contributed by atoms with van der Waals surface area (Å²) in [6.45, 7) is 3.71. The molecule has 1 aromatic rings. The normalized spacial score (nSPS) is 11.0. The second-order valence-corrected chi connectivity index (χ2v) is 8.91. The predicted molar refractivity (Wildman–Crippen MR) is 99.1 cm³/mol. The Morgan fingerprint density at radius 2 is 1.52 bits per heavy atom. The van der Waals surface area contributed by atoms with E-state index in [-0.39, 0.29) is 0 Å². The maximum absolute atomic E-state index is 5.72. The van der Waals surface area contributed by atoms with Gasteiger partial charge < -0.3 is 14.2 Å². The van der Waals surface area contributed by atoms with Crippen LogP contribution in [-0.2, 0) is 9.47 Å². The van der Waals surface area contributed by atoms with Gasteiger partial charge in [-0.25, -0.2) is 0 Å². The lowest BCUT2D eigenvalue weighted by Gasteiger charge is -2.06. The third-order valence-electron chi connectivity index (χ3n) is 2.66. The van der Waals surface area contributed by atoms with Crippen molar-refractivity contribution in [2.45, 2.75) is 25.7 Å². The number of hydrogen-bond donors (Lipinski definition) is 0. The molecule has 0 N–H and O–H groups in total. The zero-order valence-corrected chi connectivity index (χ0v) is 17.5. The summed E-state index contributed by atoms with van der Waals surface area (Å²) in [7, 11) is 0. The van der Waals surface area contributed by atoms with Crippen LogP contribution in [0, 0.1) is 0 Å².